The first-order valence-corrected chi connectivity index (χ1v) is 9.33. The summed E-state index contributed by atoms with van der Waals surface area (Å²) in [4.78, 5) is 39.6. The molecule has 0 atom stereocenters. The fourth-order valence-corrected chi connectivity index (χ4v) is 3.17. The van der Waals surface area contributed by atoms with Crippen LogP contribution in [0.3, 0.4) is 0 Å². The van der Waals surface area contributed by atoms with E-state index in [-0.39, 0.29) is 11.8 Å². The molecule has 29 heavy (non-hydrogen) atoms. The molecule has 1 heterocycles. The molecular weight excluding hydrogens is 372 g/mol. The van der Waals surface area contributed by atoms with Gasteiger partial charge in [0, 0.05) is 43.9 Å². The zero-order chi connectivity index (χ0) is 20.8. The lowest BCUT2D eigenvalue weighted by Gasteiger charge is -2.35. The van der Waals surface area contributed by atoms with E-state index in [2.05, 4.69) is 5.32 Å². The Morgan fingerprint density at radius 2 is 1.31 bits per heavy atom. The van der Waals surface area contributed by atoms with E-state index >= 15 is 0 Å². The second kappa shape index (κ2) is 9.09. The minimum absolute atomic E-state index is 0.0499. The summed E-state index contributed by atoms with van der Waals surface area (Å²) in [5, 5.41) is 2.51. The number of nitrogens with one attached hydrogen (secondary N) is 1. The van der Waals surface area contributed by atoms with Gasteiger partial charge in [-0.2, -0.15) is 0 Å². The number of ether oxygens (including phenoxy) is 1. The zero-order valence-corrected chi connectivity index (χ0v) is 16.3. The first-order valence-electron chi connectivity index (χ1n) is 9.33. The van der Waals surface area contributed by atoms with E-state index < -0.39 is 6.03 Å². The summed E-state index contributed by atoms with van der Waals surface area (Å²) in [6.45, 7) is 2.24. The van der Waals surface area contributed by atoms with Crippen LogP contribution in [0.1, 0.15) is 26.3 Å². The number of hydrogen-bond acceptors (Lipinski definition) is 4. The normalized spacial score (nSPS) is 13.7. The molecule has 152 valence electrons. The molecule has 0 aromatic heterocycles. The third kappa shape index (κ3) is 5.04. The Kier molecular flexibility index (Phi) is 6.33. The van der Waals surface area contributed by atoms with Gasteiger partial charge in [-0.1, -0.05) is 12.1 Å². The SMILES string of the molecule is COc1ccc(C(=O)N2CCN(C(=O)c3ccc(CNC(N)=O)cc3)CC2)cc1. The first-order chi connectivity index (χ1) is 14.0. The van der Waals surface area contributed by atoms with Gasteiger partial charge in [0.2, 0.25) is 0 Å². The number of urea groups is 1. The maximum Gasteiger partial charge on any atom is 0.312 e. The van der Waals surface area contributed by atoms with Crippen LogP contribution in [-0.4, -0.2) is 60.9 Å². The van der Waals surface area contributed by atoms with E-state index in [1.807, 2.05) is 0 Å². The average molecular weight is 396 g/mol. The van der Waals surface area contributed by atoms with E-state index in [1.54, 1.807) is 65.4 Å². The molecular formula is C21H24N4O4. The molecule has 1 fully saturated rings. The molecule has 8 heteroatoms. The van der Waals surface area contributed by atoms with Crippen LogP contribution in [0, 0.1) is 0 Å². The van der Waals surface area contributed by atoms with Gasteiger partial charge in [-0.05, 0) is 42.0 Å². The van der Waals surface area contributed by atoms with Crippen LogP contribution in [0.2, 0.25) is 0 Å². The van der Waals surface area contributed by atoms with Gasteiger partial charge in [0.05, 0.1) is 7.11 Å². The molecule has 4 amide bonds. The monoisotopic (exact) mass is 396 g/mol. The standard InChI is InChI=1S/C21H24N4O4/c1-29-18-8-6-17(7-9-18)20(27)25-12-10-24(11-13-25)19(26)16-4-2-15(3-5-16)14-23-21(22)28/h2-9H,10-14H2,1H3,(H3,22,23,28). The van der Waals surface area contributed by atoms with Crippen molar-refractivity contribution in [2.45, 2.75) is 6.54 Å². The molecule has 3 N–H and O–H groups in total. The van der Waals surface area contributed by atoms with Gasteiger partial charge in [-0.15, -0.1) is 0 Å². The number of hydrogen-bond donors (Lipinski definition) is 2. The summed E-state index contributed by atoms with van der Waals surface area (Å²) < 4.78 is 5.12. The lowest BCUT2D eigenvalue weighted by molar-refractivity contribution is 0.0535. The third-order valence-electron chi connectivity index (χ3n) is 4.86. The van der Waals surface area contributed by atoms with E-state index in [1.165, 1.54) is 0 Å². The van der Waals surface area contributed by atoms with Crippen LogP contribution in [0.25, 0.3) is 0 Å². The lowest BCUT2D eigenvalue weighted by Crippen LogP contribution is -2.50. The largest absolute Gasteiger partial charge is 0.497 e. The number of carbonyl (C=O) groups is 3. The Labute approximate surface area is 169 Å². The molecule has 8 nitrogen and oxygen atoms in total. The van der Waals surface area contributed by atoms with E-state index in [9.17, 15) is 14.4 Å². The average Bonchev–Trinajstić information content (AvgIpc) is 2.77. The van der Waals surface area contributed by atoms with Crippen LogP contribution in [-0.2, 0) is 6.54 Å². The molecule has 0 saturated carbocycles. The smallest absolute Gasteiger partial charge is 0.312 e. The van der Waals surface area contributed by atoms with E-state index in [0.717, 1.165) is 5.56 Å². The second-order valence-electron chi connectivity index (χ2n) is 6.73. The quantitative estimate of drug-likeness (QED) is 0.798. The van der Waals surface area contributed by atoms with Gasteiger partial charge in [0.15, 0.2) is 0 Å². The number of methoxy groups -OCH3 is 1. The van der Waals surface area contributed by atoms with Crippen LogP contribution < -0.4 is 15.8 Å². The predicted octanol–water partition coefficient (Wildman–Crippen LogP) is 1.46. The number of nitrogens with zero attached hydrogens (tertiary/aromatic N) is 2. The van der Waals surface area contributed by atoms with Gasteiger partial charge in [0.1, 0.15) is 5.75 Å². The Bertz CT molecular complexity index is 873. The molecule has 0 bridgehead atoms. The molecule has 2 aromatic carbocycles. The fraction of sp³-hybridized carbons (Fsp3) is 0.286. The maximum absolute atomic E-state index is 12.7. The topological polar surface area (TPSA) is 105 Å². The number of piperazine rings is 1. The maximum atomic E-state index is 12.7. The summed E-state index contributed by atoms with van der Waals surface area (Å²) in [7, 11) is 1.58. The van der Waals surface area contributed by atoms with Crippen molar-refractivity contribution in [2.75, 3.05) is 33.3 Å². The van der Waals surface area contributed by atoms with Crippen molar-refractivity contribution in [3.8, 4) is 5.75 Å². The minimum Gasteiger partial charge on any atom is -0.497 e. The van der Waals surface area contributed by atoms with Gasteiger partial charge >= 0.3 is 6.03 Å². The fourth-order valence-electron chi connectivity index (χ4n) is 3.17. The number of nitrogens with two attached hydrogens (primary N) is 1. The highest BCUT2D eigenvalue weighted by Crippen LogP contribution is 2.15. The summed E-state index contributed by atoms with van der Waals surface area (Å²) >= 11 is 0. The first kappa shape index (κ1) is 20.2. The Morgan fingerprint density at radius 1 is 0.862 bits per heavy atom. The number of carbonyl (C=O) groups excluding carboxylic acids is 3. The molecule has 0 radical (unpaired) electrons. The van der Waals surface area contributed by atoms with Crippen molar-refractivity contribution in [3.05, 3.63) is 65.2 Å². The van der Waals surface area contributed by atoms with Gasteiger partial charge < -0.3 is 25.6 Å². The van der Waals surface area contributed by atoms with Gasteiger partial charge in [-0.25, -0.2) is 4.79 Å². The lowest BCUT2D eigenvalue weighted by atomic mass is 10.1. The molecule has 0 unspecified atom stereocenters. The van der Waals surface area contributed by atoms with Crippen LogP contribution in [0.4, 0.5) is 4.79 Å². The zero-order valence-electron chi connectivity index (χ0n) is 16.3. The molecule has 0 aliphatic carbocycles. The van der Waals surface area contributed by atoms with Crippen LogP contribution in [0.15, 0.2) is 48.5 Å². The van der Waals surface area contributed by atoms with E-state index in [4.69, 9.17) is 10.5 Å². The molecule has 2 aromatic rings. The van der Waals surface area contributed by atoms with Crippen molar-refractivity contribution >= 4 is 17.8 Å². The number of amides is 4. The third-order valence-corrected chi connectivity index (χ3v) is 4.86. The van der Waals surface area contributed by atoms with Crippen LogP contribution >= 0.6 is 0 Å². The molecule has 3 rings (SSSR count). The van der Waals surface area contributed by atoms with Crippen molar-refractivity contribution < 1.29 is 19.1 Å². The highest BCUT2D eigenvalue weighted by atomic mass is 16.5. The Morgan fingerprint density at radius 3 is 1.72 bits per heavy atom. The second-order valence-corrected chi connectivity index (χ2v) is 6.73. The summed E-state index contributed by atoms with van der Waals surface area (Å²) in [6, 6.07) is 13.4. The highest BCUT2D eigenvalue weighted by molar-refractivity contribution is 5.96. The van der Waals surface area contributed by atoms with Crippen molar-refractivity contribution in [1.29, 1.82) is 0 Å². The molecule has 1 aliphatic rings. The van der Waals surface area contributed by atoms with Gasteiger partial charge in [0.25, 0.3) is 11.8 Å². The predicted molar refractivity (Wildman–Crippen MR) is 108 cm³/mol. The molecule has 1 saturated heterocycles. The van der Waals surface area contributed by atoms with Crippen molar-refractivity contribution in [1.82, 2.24) is 15.1 Å². The molecule has 0 spiro atoms. The number of benzene rings is 2. The Balaban J connectivity index is 1.54. The van der Waals surface area contributed by atoms with Crippen molar-refractivity contribution in [2.24, 2.45) is 5.73 Å². The summed E-state index contributed by atoms with van der Waals surface area (Å²) in [5.41, 5.74) is 7.09. The minimum atomic E-state index is -0.591. The summed E-state index contributed by atoms with van der Waals surface area (Å²) in [5.74, 6) is 0.579. The van der Waals surface area contributed by atoms with Crippen LogP contribution in [0.5, 0.6) is 5.75 Å². The number of rotatable bonds is 5. The van der Waals surface area contributed by atoms with E-state index in [0.29, 0.717) is 49.6 Å². The van der Waals surface area contributed by atoms with Crippen molar-refractivity contribution in [3.63, 3.8) is 0 Å². The summed E-state index contributed by atoms with van der Waals surface area (Å²) in [6.07, 6.45) is 0. The number of primary amides is 1. The molecule has 1 aliphatic heterocycles. The highest BCUT2D eigenvalue weighted by Gasteiger charge is 2.25. The van der Waals surface area contributed by atoms with Gasteiger partial charge in [-0.3, -0.25) is 9.59 Å². The Hall–Kier alpha value is -3.55.